The molecule has 2 heterocycles. The summed E-state index contributed by atoms with van der Waals surface area (Å²) in [6.07, 6.45) is 1.75. The quantitative estimate of drug-likeness (QED) is 0.761. The smallest absolute Gasteiger partial charge is 0.239 e. The molecule has 0 aliphatic carbocycles. The van der Waals surface area contributed by atoms with Crippen molar-refractivity contribution < 1.29 is 4.79 Å². The highest BCUT2D eigenvalue weighted by Gasteiger charge is 2.05. The van der Waals surface area contributed by atoms with Gasteiger partial charge in [-0.15, -0.1) is 11.3 Å². The first-order chi connectivity index (χ1) is 10.3. The molecule has 0 fully saturated rings. The molecule has 2 aromatic heterocycles. The second-order valence-electron chi connectivity index (χ2n) is 4.61. The molecule has 106 valence electrons. The minimum absolute atomic E-state index is 0.0483. The number of benzene rings is 1. The Kier molecular flexibility index (Phi) is 4.12. The Morgan fingerprint density at radius 2 is 2.00 bits per heavy atom. The summed E-state index contributed by atoms with van der Waals surface area (Å²) < 4.78 is 1.16. The van der Waals surface area contributed by atoms with E-state index in [-0.39, 0.29) is 12.5 Å². The SMILES string of the molecule is O=C(CNc1nccc2sccc12)NCc1ccccc1. The molecule has 4 nitrogen and oxygen atoms in total. The van der Waals surface area contributed by atoms with Gasteiger partial charge in [-0.3, -0.25) is 4.79 Å². The van der Waals surface area contributed by atoms with E-state index in [0.29, 0.717) is 6.54 Å². The molecule has 5 heteroatoms. The lowest BCUT2D eigenvalue weighted by Crippen LogP contribution is -2.29. The number of fused-ring (bicyclic) bond motifs is 1. The molecular weight excluding hydrogens is 282 g/mol. The van der Waals surface area contributed by atoms with Gasteiger partial charge in [0.25, 0.3) is 0 Å². The highest BCUT2D eigenvalue weighted by atomic mass is 32.1. The summed E-state index contributed by atoms with van der Waals surface area (Å²) in [6.45, 7) is 0.756. The lowest BCUT2D eigenvalue weighted by atomic mass is 10.2. The number of nitrogens with one attached hydrogen (secondary N) is 2. The van der Waals surface area contributed by atoms with Crippen molar-refractivity contribution in [2.75, 3.05) is 11.9 Å². The van der Waals surface area contributed by atoms with Gasteiger partial charge in [0.1, 0.15) is 5.82 Å². The third-order valence-corrected chi connectivity index (χ3v) is 4.01. The fourth-order valence-electron chi connectivity index (χ4n) is 2.06. The number of rotatable bonds is 5. The van der Waals surface area contributed by atoms with Crippen LogP contribution in [0.1, 0.15) is 5.56 Å². The first-order valence-corrected chi connectivity index (χ1v) is 7.57. The molecule has 2 N–H and O–H groups in total. The van der Waals surface area contributed by atoms with Crippen molar-refractivity contribution in [3.8, 4) is 0 Å². The van der Waals surface area contributed by atoms with Crippen LogP contribution < -0.4 is 10.6 Å². The maximum atomic E-state index is 11.9. The van der Waals surface area contributed by atoms with Gasteiger partial charge in [0.05, 0.1) is 6.54 Å². The van der Waals surface area contributed by atoms with E-state index in [1.165, 1.54) is 0 Å². The molecule has 0 saturated heterocycles. The van der Waals surface area contributed by atoms with Crippen molar-refractivity contribution in [3.63, 3.8) is 0 Å². The van der Waals surface area contributed by atoms with Gasteiger partial charge in [0, 0.05) is 22.8 Å². The second-order valence-corrected chi connectivity index (χ2v) is 5.56. The molecule has 0 aliphatic heterocycles. The molecule has 3 aromatic rings. The number of hydrogen-bond donors (Lipinski definition) is 2. The summed E-state index contributed by atoms with van der Waals surface area (Å²) in [4.78, 5) is 16.2. The van der Waals surface area contributed by atoms with Gasteiger partial charge in [0.2, 0.25) is 5.91 Å². The van der Waals surface area contributed by atoms with Crippen molar-refractivity contribution in [2.45, 2.75) is 6.54 Å². The summed E-state index contributed by atoms with van der Waals surface area (Å²) >= 11 is 1.66. The van der Waals surface area contributed by atoms with E-state index in [4.69, 9.17) is 0 Å². The largest absolute Gasteiger partial charge is 0.360 e. The van der Waals surface area contributed by atoms with E-state index >= 15 is 0 Å². The lowest BCUT2D eigenvalue weighted by molar-refractivity contribution is -0.119. The van der Waals surface area contributed by atoms with Crippen LogP contribution in [0.4, 0.5) is 5.82 Å². The van der Waals surface area contributed by atoms with Gasteiger partial charge >= 0.3 is 0 Å². The Morgan fingerprint density at radius 3 is 2.86 bits per heavy atom. The highest BCUT2D eigenvalue weighted by molar-refractivity contribution is 7.17. The third-order valence-electron chi connectivity index (χ3n) is 3.13. The topological polar surface area (TPSA) is 54.0 Å². The molecule has 1 aromatic carbocycles. The number of carbonyl (C=O) groups is 1. The Bertz CT molecular complexity index is 739. The standard InChI is InChI=1S/C16H15N3OS/c20-15(18-10-12-4-2-1-3-5-12)11-19-16-13-7-9-21-14(13)6-8-17-16/h1-9H,10-11H2,(H,17,19)(H,18,20). The van der Waals surface area contributed by atoms with Gasteiger partial charge in [-0.2, -0.15) is 0 Å². The Balaban J connectivity index is 1.55. The summed E-state index contributed by atoms with van der Waals surface area (Å²) in [7, 11) is 0. The number of nitrogens with zero attached hydrogens (tertiary/aromatic N) is 1. The van der Waals surface area contributed by atoms with Crippen LogP contribution in [0.5, 0.6) is 0 Å². The number of aromatic nitrogens is 1. The number of hydrogen-bond acceptors (Lipinski definition) is 4. The van der Waals surface area contributed by atoms with Gasteiger partial charge in [-0.25, -0.2) is 4.98 Å². The van der Waals surface area contributed by atoms with Gasteiger partial charge in [-0.1, -0.05) is 30.3 Å². The van der Waals surface area contributed by atoms with Crippen molar-refractivity contribution in [1.29, 1.82) is 0 Å². The van der Waals surface area contributed by atoms with Crippen LogP contribution in [0, 0.1) is 0 Å². The summed E-state index contributed by atoms with van der Waals surface area (Å²) in [5.74, 6) is 0.705. The zero-order valence-electron chi connectivity index (χ0n) is 11.4. The van der Waals surface area contributed by atoms with E-state index in [1.54, 1.807) is 17.5 Å². The van der Waals surface area contributed by atoms with E-state index in [0.717, 1.165) is 21.5 Å². The van der Waals surface area contributed by atoms with Crippen LogP contribution in [0.2, 0.25) is 0 Å². The Labute approximate surface area is 126 Å². The minimum Gasteiger partial charge on any atom is -0.360 e. The first-order valence-electron chi connectivity index (χ1n) is 6.69. The van der Waals surface area contributed by atoms with E-state index in [9.17, 15) is 4.79 Å². The molecule has 0 aliphatic rings. The zero-order valence-corrected chi connectivity index (χ0v) is 12.2. The van der Waals surface area contributed by atoms with Crippen LogP contribution in [-0.2, 0) is 11.3 Å². The Morgan fingerprint density at radius 1 is 1.14 bits per heavy atom. The lowest BCUT2D eigenvalue weighted by Gasteiger charge is -2.08. The molecule has 0 unspecified atom stereocenters. The third kappa shape index (κ3) is 3.38. The summed E-state index contributed by atoms with van der Waals surface area (Å²) in [6, 6.07) is 13.8. The molecule has 1 amide bonds. The summed E-state index contributed by atoms with van der Waals surface area (Å²) in [5.41, 5.74) is 1.09. The van der Waals surface area contributed by atoms with Crippen LogP contribution in [0.25, 0.3) is 10.1 Å². The van der Waals surface area contributed by atoms with Gasteiger partial charge in [-0.05, 0) is 23.1 Å². The average molecular weight is 297 g/mol. The molecule has 0 saturated carbocycles. The fraction of sp³-hybridized carbons (Fsp3) is 0.125. The molecule has 3 rings (SSSR count). The fourth-order valence-corrected chi connectivity index (χ4v) is 2.84. The average Bonchev–Trinajstić information content (AvgIpc) is 3.01. The predicted molar refractivity (Wildman–Crippen MR) is 86.4 cm³/mol. The number of thiophene rings is 1. The van der Waals surface area contributed by atoms with Crippen LogP contribution in [0.3, 0.4) is 0 Å². The van der Waals surface area contributed by atoms with Crippen molar-refractivity contribution in [3.05, 3.63) is 59.6 Å². The number of carbonyl (C=O) groups excluding carboxylic acids is 1. The molecule has 0 atom stereocenters. The van der Waals surface area contributed by atoms with Crippen molar-refractivity contribution in [2.24, 2.45) is 0 Å². The number of pyridine rings is 1. The Hall–Kier alpha value is -2.40. The van der Waals surface area contributed by atoms with Gasteiger partial charge in [0.15, 0.2) is 0 Å². The van der Waals surface area contributed by atoms with E-state index < -0.39 is 0 Å². The van der Waals surface area contributed by atoms with Gasteiger partial charge < -0.3 is 10.6 Å². The van der Waals surface area contributed by atoms with Crippen LogP contribution in [0.15, 0.2) is 54.0 Å². The second kappa shape index (κ2) is 6.37. The van der Waals surface area contributed by atoms with Crippen LogP contribution in [-0.4, -0.2) is 17.4 Å². The number of amides is 1. The molecule has 0 bridgehead atoms. The maximum Gasteiger partial charge on any atom is 0.239 e. The normalized spacial score (nSPS) is 10.5. The molecule has 0 radical (unpaired) electrons. The van der Waals surface area contributed by atoms with Crippen molar-refractivity contribution in [1.82, 2.24) is 10.3 Å². The monoisotopic (exact) mass is 297 g/mol. The number of anilines is 1. The maximum absolute atomic E-state index is 11.9. The molecule has 0 spiro atoms. The van der Waals surface area contributed by atoms with E-state index in [2.05, 4.69) is 15.6 Å². The zero-order chi connectivity index (χ0) is 14.5. The van der Waals surface area contributed by atoms with E-state index in [1.807, 2.05) is 47.8 Å². The molecule has 21 heavy (non-hydrogen) atoms. The predicted octanol–water partition coefficient (Wildman–Crippen LogP) is 3.02. The summed E-state index contributed by atoms with van der Waals surface area (Å²) in [5, 5.41) is 9.05. The highest BCUT2D eigenvalue weighted by Crippen LogP contribution is 2.25. The van der Waals surface area contributed by atoms with Crippen LogP contribution >= 0.6 is 11.3 Å². The van der Waals surface area contributed by atoms with Crippen molar-refractivity contribution >= 4 is 33.1 Å². The minimum atomic E-state index is -0.0483. The molecular formula is C16H15N3OS. The first kappa shape index (κ1) is 13.6.